The molecule has 5 heterocycles. The first-order valence-electron chi connectivity index (χ1n) is 17.4. The van der Waals surface area contributed by atoms with Gasteiger partial charge < -0.3 is 48.9 Å². The molecule has 5 aromatic heterocycles. The number of imidazole rings is 4. The Kier molecular flexibility index (Phi) is 33.4. The molecule has 0 saturated heterocycles. The second kappa shape index (κ2) is 33.3. The van der Waals surface area contributed by atoms with Crippen molar-refractivity contribution < 1.29 is 134 Å². The molecule has 0 amide bonds. The molecule has 24 nitrogen and oxygen atoms in total. The maximum Gasteiger partial charge on any atom is 2.00 e. The van der Waals surface area contributed by atoms with Crippen LogP contribution < -0.4 is 47.5 Å². The fraction of sp³-hybridized carbons (Fsp3) is 0.382. The molecule has 0 aliphatic carbocycles. The SMILES string of the molecule is CO.CO.CO.Cn1ccnc1CN(Cc1cc(CN(Cc2nccn2C)Cc2nccn2C)[n-]n1)Cc1nccn1C.[Cu+2].[Cu+2].[O-][Cl+3]([O-])([O-])[O-].[O-][Cl+3]([O-])([O-])[O-].[O-]c1c(F)c(F)c(F)c(F)c1F. The van der Waals surface area contributed by atoms with E-state index in [0.29, 0.717) is 39.3 Å². The van der Waals surface area contributed by atoms with Crippen LogP contribution in [0.15, 0.2) is 55.6 Å². The van der Waals surface area contributed by atoms with E-state index in [2.05, 4.69) is 46.0 Å². The van der Waals surface area contributed by atoms with Gasteiger partial charge in [0.15, 0.2) is 29.1 Å². The van der Waals surface area contributed by atoms with E-state index in [1.165, 1.54) is 0 Å². The number of aliphatic hydroxyl groups is 3. The van der Waals surface area contributed by atoms with Gasteiger partial charge in [0.1, 0.15) is 23.3 Å². The molecule has 0 unspecified atom stereocenters. The summed E-state index contributed by atoms with van der Waals surface area (Å²) in [5.74, 6) is -9.61. The van der Waals surface area contributed by atoms with Crippen molar-refractivity contribution >= 4 is 0 Å². The van der Waals surface area contributed by atoms with Gasteiger partial charge in [-0.1, -0.05) is 6.07 Å². The summed E-state index contributed by atoms with van der Waals surface area (Å²) in [5, 5.41) is 40.2. The van der Waals surface area contributed by atoms with E-state index < -0.39 is 55.3 Å². The van der Waals surface area contributed by atoms with Gasteiger partial charge in [-0.3, -0.25) is 9.80 Å². The van der Waals surface area contributed by atoms with Crippen LogP contribution in [0.2, 0.25) is 0 Å². The van der Waals surface area contributed by atoms with Gasteiger partial charge in [-0.2, -0.15) is 0 Å². The average Bonchev–Trinajstić information content (AvgIpc) is 4.11. The van der Waals surface area contributed by atoms with Crippen molar-refractivity contribution in [3.63, 3.8) is 0 Å². The third-order valence-corrected chi connectivity index (χ3v) is 7.72. The first-order chi connectivity index (χ1) is 30.4. The summed E-state index contributed by atoms with van der Waals surface area (Å²) in [6.45, 7) is 4.02. The molecule has 0 aliphatic heterocycles. The third-order valence-electron chi connectivity index (χ3n) is 7.72. The van der Waals surface area contributed by atoms with Gasteiger partial charge in [0.25, 0.3) is 0 Å². The Morgan fingerprint density at radius 2 is 0.746 bits per heavy atom. The molecule has 3 N–H and O–H groups in total. The second-order valence-electron chi connectivity index (χ2n) is 12.1. The van der Waals surface area contributed by atoms with Crippen molar-refractivity contribution in [1.29, 1.82) is 0 Å². The standard InChI is InChI=1S/C25H33N12.C6HF5O.3CH4O.2ClHO4.2Cu/c1-32-9-5-26-22(32)16-36(17-23-27-6-10-33(23)2)14-20-13-21(31-30-20)15-37(18-24-28-7-11-34(24)3)19-25-29-8-12-35(25)4;7-1-2(8)4(10)6(12)5(11)3(1)9;3*1-2;2*2-1(3,4)5;;/h5-13H,14-19H2,1-4H3;12H;3*2H,1H3;2*(H,2,3,4,5);;/q-1;;;;;;;2*+2/p-3. The van der Waals surface area contributed by atoms with Crippen LogP contribution in [-0.2, 0) is 102 Å². The molecule has 384 valence electrons. The van der Waals surface area contributed by atoms with Crippen molar-refractivity contribution in [1.82, 2.24) is 58.2 Å². The average molecular weight is 1110 g/mol. The minimum atomic E-state index is -4.94. The van der Waals surface area contributed by atoms with Crippen molar-refractivity contribution in [2.45, 2.75) is 39.3 Å². The monoisotopic (exact) mass is 1100 g/mol. The Morgan fingerprint density at radius 1 is 0.493 bits per heavy atom. The quantitative estimate of drug-likeness (QED) is 0.0443. The summed E-state index contributed by atoms with van der Waals surface area (Å²) >= 11 is 0. The minimum absolute atomic E-state index is 0. The number of hydrogen-bond acceptors (Lipinski definition) is 19. The molecule has 0 saturated carbocycles. The van der Waals surface area contributed by atoms with Crippen LogP contribution in [0.5, 0.6) is 5.75 Å². The van der Waals surface area contributed by atoms with Crippen molar-refractivity contribution in [2.24, 2.45) is 28.2 Å². The van der Waals surface area contributed by atoms with E-state index >= 15 is 0 Å². The number of benzene rings is 1. The van der Waals surface area contributed by atoms with Crippen LogP contribution in [0.1, 0.15) is 34.7 Å². The summed E-state index contributed by atoms with van der Waals surface area (Å²) < 4.78 is 137. The molecule has 0 atom stereocenters. The van der Waals surface area contributed by atoms with Gasteiger partial charge in [0.05, 0.1) is 26.2 Å². The number of aryl methyl sites for hydroxylation is 4. The van der Waals surface area contributed by atoms with Gasteiger partial charge in [-0.25, -0.2) is 79.2 Å². The fourth-order valence-corrected chi connectivity index (χ4v) is 4.91. The first kappa shape index (κ1) is 67.1. The molecule has 6 rings (SSSR count). The summed E-state index contributed by atoms with van der Waals surface area (Å²) in [6, 6.07) is 2.09. The van der Waals surface area contributed by atoms with Crippen LogP contribution >= 0.6 is 0 Å². The Labute approximate surface area is 404 Å². The second-order valence-corrected chi connectivity index (χ2v) is 13.6. The summed E-state index contributed by atoms with van der Waals surface area (Å²) in [5.41, 5.74) is 1.85. The first-order valence-corrected chi connectivity index (χ1v) is 19.9. The topological polar surface area (TPSA) is 373 Å². The van der Waals surface area contributed by atoms with Crippen LogP contribution in [0.3, 0.4) is 0 Å². The maximum absolute atomic E-state index is 12.1. The van der Waals surface area contributed by atoms with E-state index in [0.717, 1.165) is 56.0 Å². The normalized spacial score (nSPS) is 10.5. The van der Waals surface area contributed by atoms with E-state index in [4.69, 9.17) is 52.6 Å². The Morgan fingerprint density at radius 3 is 1.00 bits per heavy atom. The molecular weight excluding hydrogens is 1060 g/mol. The number of halogens is 7. The number of aliphatic hydroxyl groups excluding tert-OH is 3. The smallest absolute Gasteiger partial charge is 0.868 e. The molecule has 6 aromatic rings. The third kappa shape index (κ3) is 25.7. The zero-order valence-corrected chi connectivity index (χ0v) is 39.5. The zero-order valence-electron chi connectivity index (χ0n) is 36.1. The molecular formula is C34H45Cl2Cu2F5N12O12. The maximum atomic E-state index is 12.1. The van der Waals surface area contributed by atoms with Gasteiger partial charge in [0.2, 0.25) is 0 Å². The van der Waals surface area contributed by atoms with Crippen LogP contribution in [0.25, 0.3) is 0 Å². The summed E-state index contributed by atoms with van der Waals surface area (Å²) in [6.07, 6.45) is 15.2. The minimum Gasteiger partial charge on any atom is -0.868 e. The molecule has 67 heavy (non-hydrogen) atoms. The van der Waals surface area contributed by atoms with Crippen LogP contribution in [-0.4, -0.2) is 89.8 Å². The summed E-state index contributed by atoms with van der Waals surface area (Å²) in [7, 11) is 1.16. The molecule has 33 heteroatoms. The fourth-order valence-electron chi connectivity index (χ4n) is 4.91. The zero-order chi connectivity index (χ0) is 50.2. The van der Waals surface area contributed by atoms with Gasteiger partial charge in [-0.05, 0) is 5.75 Å². The van der Waals surface area contributed by atoms with E-state index in [1.54, 1.807) is 0 Å². The Balaban J connectivity index is -0.00000113. The molecule has 0 fully saturated rings. The number of aromatic nitrogens is 10. The van der Waals surface area contributed by atoms with Gasteiger partial charge in [0, 0.05) is 118 Å². The number of hydrogen-bond donors (Lipinski definition) is 3. The van der Waals surface area contributed by atoms with Crippen molar-refractivity contribution in [3.05, 3.63) is 119 Å². The van der Waals surface area contributed by atoms with Crippen LogP contribution in [0.4, 0.5) is 22.0 Å². The van der Waals surface area contributed by atoms with Crippen molar-refractivity contribution in [2.75, 3.05) is 21.3 Å². The van der Waals surface area contributed by atoms with Gasteiger partial charge >= 0.3 is 34.1 Å². The number of rotatable bonds is 12. The molecule has 0 spiro atoms. The Bertz CT molecular complexity index is 1930. The van der Waals surface area contributed by atoms with Crippen LogP contribution in [0, 0.1) is 49.6 Å². The van der Waals surface area contributed by atoms with Crippen molar-refractivity contribution in [3.8, 4) is 5.75 Å². The molecule has 0 bridgehead atoms. The molecule has 2 radical (unpaired) electrons. The van der Waals surface area contributed by atoms with E-state index in [9.17, 15) is 27.1 Å². The summed E-state index contributed by atoms with van der Waals surface area (Å²) in [4.78, 5) is 22.6. The Hall–Kier alpha value is -4.18. The van der Waals surface area contributed by atoms with E-state index in [-0.39, 0.29) is 34.1 Å². The molecule has 0 aliphatic rings. The predicted molar refractivity (Wildman–Crippen MR) is 186 cm³/mol. The van der Waals surface area contributed by atoms with Gasteiger partial charge in [-0.15, -0.1) is 26.2 Å². The molecule has 1 aromatic carbocycles. The largest absolute Gasteiger partial charge is 2.00 e. The number of nitrogens with zero attached hydrogens (tertiary/aromatic N) is 12. The van der Waals surface area contributed by atoms with E-state index in [1.807, 2.05) is 96.0 Å². The predicted octanol–water partition coefficient (Wildman–Crippen LogP) is -7.86.